The Morgan fingerprint density at radius 2 is 0.875 bits per heavy atom. The highest BCUT2D eigenvalue weighted by molar-refractivity contribution is 6.13. The van der Waals surface area contributed by atoms with E-state index in [0.29, 0.717) is 5.82 Å². The quantitative estimate of drug-likeness (QED) is 0.161. The average Bonchev–Trinajstić information content (AvgIpc) is 3.86. The van der Waals surface area contributed by atoms with Crippen LogP contribution in [0.4, 0.5) is 0 Å². The van der Waals surface area contributed by atoms with E-state index in [4.69, 9.17) is 14.4 Å². The molecule has 0 spiro atoms. The minimum atomic E-state index is -0.0895. The Morgan fingerprint density at radius 3 is 1.69 bits per heavy atom. The molecule has 3 heteroatoms. The molecule has 0 atom stereocenters. The number of rotatable bonds is 7. The molecule has 0 bridgehead atoms. The minimum Gasteiger partial charge on any atom is -0.456 e. The lowest BCUT2D eigenvalue weighted by Gasteiger charge is -2.24. The number of fused-ring (bicyclic) bond motifs is 6. The zero-order valence-electron chi connectivity index (χ0n) is 35.6. The van der Waals surface area contributed by atoms with Crippen LogP contribution in [-0.2, 0) is 5.41 Å². The van der Waals surface area contributed by atoms with E-state index >= 15 is 0 Å². The first kappa shape index (κ1) is 37.6. The maximum atomic E-state index is 6.59. The second kappa shape index (κ2) is 15.0. The standard InChI is InChI=1S/C61H42N2O/c1-61(2)53-28-12-11-23-48(53)50-26-14-25-47(59(50)61)42-32-30-40(31-33-42)44-34-35-56-52(37-44)58-51(27-15-29-57(58)64-56)60-62-54(45-21-13-20-43(36-45)39-16-5-3-6-17-39)38-55(63-60)49-24-10-9-22-46(49)41-18-7-4-8-19-41/h3-38H,1-2H3. The third-order valence-electron chi connectivity index (χ3n) is 13.1. The van der Waals surface area contributed by atoms with E-state index in [-0.39, 0.29) is 5.41 Å². The molecule has 0 radical (unpaired) electrons. The molecule has 11 aromatic rings. The highest BCUT2D eigenvalue weighted by Gasteiger charge is 2.37. The fraction of sp³-hybridized carbons (Fsp3) is 0.0492. The first-order valence-electron chi connectivity index (χ1n) is 22.0. The molecule has 0 N–H and O–H groups in total. The second-order valence-corrected chi connectivity index (χ2v) is 17.3. The van der Waals surface area contributed by atoms with Crippen LogP contribution in [0, 0.1) is 0 Å². The zero-order chi connectivity index (χ0) is 42.8. The van der Waals surface area contributed by atoms with E-state index < -0.39 is 0 Å². The Balaban J connectivity index is 0.988. The Labute approximate surface area is 373 Å². The summed E-state index contributed by atoms with van der Waals surface area (Å²) in [5.41, 5.74) is 21.0. The molecule has 0 unspecified atom stereocenters. The summed E-state index contributed by atoms with van der Waals surface area (Å²) in [6, 6.07) is 77.7. The Kier molecular flexibility index (Phi) is 8.84. The predicted octanol–water partition coefficient (Wildman–Crippen LogP) is 16.4. The summed E-state index contributed by atoms with van der Waals surface area (Å²) in [6.45, 7) is 4.70. The van der Waals surface area contributed by atoms with Gasteiger partial charge in [0.15, 0.2) is 5.82 Å². The van der Waals surface area contributed by atoms with Crippen LogP contribution in [0.5, 0.6) is 0 Å². The van der Waals surface area contributed by atoms with Gasteiger partial charge in [0, 0.05) is 32.9 Å². The maximum Gasteiger partial charge on any atom is 0.161 e. The average molecular weight is 819 g/mol. The lowest BCUT2D eigenvalue weighted by atomic mass is 9.79. The van der Waals surface area contributed by atoms with E-state index in [1.54, 1.807) is 0 Å². The molecule has 2 heterocycles. The van der Waals surface area contributed by atoms with Crippen molar-refractivity contribution in [3.63, 3.8) is 0 Å². The fourth-order valence-corrected chi connectivity index (χ4v) is 10.0. The van der Waals surface area contributed by atoms with Gasteiger partial charge in [-0.3, -0.25) is 0 Å². The predicted molar refractivity (Wildman–Crippen MR) is 265 cm³/mol. The summed E-state index contributed by atoms with van der Waals surface area (Å²) in [7, 11) is 0. The molecular formula is C61H42N2O. The van der Waals surface area contributed by atoms with Crippen LogP contribution in [0.3, 0.4) is 0 Å². The van der Waals surface area contributed by atoms with Gasteiger partial charge >= 0.3 is 0 Å². The topological polar surface area (TPSA) is 38.9 Å². The third kappa shape index (κ3) is 6.28. The highest BCUT2D eigenvalue weighted by atomic mass is 16.3. The molecule has 2 aromatic heterocycles. The Morgan fingerprint density at radius 1 is 0.344 bits per heavy atom. The van der Waals surface area contributed by atoms with Crippen LogP contribution in [-0.4, -0.2) is 9.97 Å². The molecule has 0 saturated heterocycles. The molecule has 9 aromatic carbocycles. The molecule has 64 heavy (non-hydrogen) atoms. The van der Waals surface area contributed by atoms with Crippen LogP contribution in [0.15, 0.2) is 223 Å². The van der Waals surface area contributed by atoms with Crippen molar-refractivity contribution in [3.8, 4) is 89.5 Å². The number of furan rings is 1. The Hall–Kier alpha value is -8.14. The molecule has 12 rings (SSSR count). The number of hydrogen-bond acceptors (Lipinski definition) is 3. The van der Waals surface area contributed by atoms with Crippen LogP contribution in [0.25, 0.3) is 111 Å². The van der Waals surface area contributed by atoms with Gasteiger partial charge in [-0.15, -0.1) is 0 Å². The van der Waals surface area contributed by atoms with Crippen molar-refractivity contribution in [3.05, 3.63) is 230 Å². The summed E-state index contributed by atoms with van der Waals surface area (Å²) >= 11 is 0. The van der Waals surface area contributed by atoms with Gasteiger partial charge in [0.1, 0.15) is 11.2 Å². The van der Waals surface area contributed by atoms with Crippen molar-refractivity contribution in [2.24, 2.45) is 0 Å². The third-order valence-corrected chi connectivity index (χ3v) is 13.1. The summed E-state index contributed by atoms with van der Waals surface area (Å²) in [4.78, 5) is 10.8. The number of aromatic nitrogens is 2. The van der Waals surface area contributed by atoms with E-state index in [1.165, 1.54) is 33.4 Å². The van der Waals surface area contributed by atoms with Gasteiger partial charge in [-0.05, 0) is 97.1 Å². The van der Waals surface area contributed by atoms with Gasteiger partial charge in [-0.25, -0.2) is 9.97 Å². The number of nitrogens with zero attached hydrogens (tertiary/aromatic N) is 2. The van der Waals surface area contributed by atoms with E-state index in [1.807, 2.05) is 12.1 Å². The molecule has 0 fully saturated rings. The van der Waals surface area contributed by atoms with Crippen molar-refractivity contribution < 1.29 is 4.42 Å². The maximum absolute atomic E-state index is 6.59. The van der Waals surface area contributed by atoms with Crippen LogP contribution in [0.1, 0.15) is 25.0 Å². The lowest BCUT2D eigenvalue weighted by molar-refractivity contribution is 0.662. The summed E-state index contributed by atoms with van der Waals surface area (Å²) in [5.74, 6) is 0.643. The van der Waals surface area contributed by atoms with Crippen LogP contribution in [0.2, 0.25) is 0 Å². The SMILES string of the molecule is CC1(C)c2ccccc2-c2cccc(-c3ccc(-c4ccc5oc6cccc(-c7nc(-c8cccc(-c9ccccc9)c8)cc(-c8ccccc8-c8ccccc8)n7)c6c5c4)cc3)c21. The minimum absolute atomic E-state index is 0.0895. The molecule has 1 aliphatic carbocycles. The van der Waals surface area contributed by atoms with Gasteiger partial charge in [-0.2, -0.15) is 0 Å². The molecule has 0 saturated carbocycles. The number of benzene rings is 9. The van der Waals surface area contributed by atoms with Crippen LogP contribution < -0.4 is 0 Å². The van der Waals surface area contributed by atoms with Crippen molar-refractivity contribution in [1.82, 2.24) is 9.97 Å². The van der Waals surface area contributed by atoms with Gasteiger partial charge in [-0.1, -0.05) is 202 Å². The smallest absolute Gasteiger partial charge is 0.161 e. The van der Waals surface area contributed by atoms with Crippen molar-refractivity contribution in [2.75, 3.05) is 0 Å². The van der Waals surface area contributed by atoms with Gasteiger partial charge in [0.25, 0.3) is 0 Å². The molecule has 0 amide bonds. The molecule has 0 aliphatic heterocycles. The summed E-state index contributed by atoms with van der Waals surface area (Å²) < 4.78 is 6.59. The number of hydrogen-bond donors (Lipinski definition) is 0. The monoisotopic (exact) mass is 818 g/mol. The first-order valence-corrected chi connectivity index (χ1v) is 22.0. The fourth-order valence-electron chi connectivity index (χ4n) is 10.0. The summed E-state index contributed by atoms with van der Waals surface area (Å²) in [5, 5.41) is 2.02. The normalized spacial score (nSPS) is 12.7. The zero-order valence-corrected chi connectivity index (χ0v) is 35.6. The van der Waals surface area contributed by atoms with Gasteiger partial charge in [0.05, 0.1) is 11.4 Å². The largest absolute Gasteiger partial charge is 0.456 e. The molecular weight excluding hydrogens is 777 g/mol. The molecule has 302 valence electrons. The van der Waals surface area contributed by atoms with E-state index in [0.717, 1.165) is 83.4 Å². The van der Waals surface area contributed by atoms with Crippen LogP contribution >= 0.6 is 0 Å². The second-order valence-electron chi connectivity index (χ2n) is 17.3. The summed E-state index contributed by atoms with van der Waals surface area (Å²) in [6.07, 6.45) is 0. The van der Waals surface area contributed by atoms with E-state index in [9.17, 15) is 0 Å². The van der Waals surface area contributed by atoms with Gasteiger partial charge in [0.2, 0.25) is 0 Å². The van der Waals surface area contributed by atoms with Crippen molar-refractivity contribution in [1.29, 1.82) is 0 Å². The van der Waals surface area contributed by atoms with Crippen molar-refractivity contribution in [2.45, 2.75) is 19.3 Å². The first-order chi connectivity index (χ1) is 31.5. The lowest BCUT2D eigenvalue weighted by Crippen LogP contribution is -2.16. The van der Waals surface area contributed by atoms with Gasteiger partial charge < -0.3 is 4.42 Å². The van der Waals surface area contributed by atoms with Crippen molar-refractivity contribution >= 4 is 21.9 Å². The Bertz CT molecular complexity index is 3560. The molecule has 3 nitrogen and oxygen atoms in total. The molecule has 1 aliphatic rings. The van der Waals surface area contributed by atoms with E-state index in [2.05, 4.69) is 220 Å². The highest BCUT2D eigenvalue weighted by Crippen LogP contribution is 2.52.